The van der Waals surface area contributed by atoms with Crippen molar-refractivity contribution in [2.24, 2.45) is 0 Å². The number of nitrogen functional groups attached to an aromatic ring is 1. The summed E-state index contributed by atoms with van der Waals surface area (Å²) in [7, 11) is 1.34. The van der Waals surface area contributed by atoms with Gasteiger partial charge in [-0.3, -0.25) is 0 Å². The Balaban J connectivity index is 2.18. The molecule has 0 saturated carbocycles. The average molecular weight is 279 g/mol. The molecule has 5 nitrogen and oxygen atoms in total. The van der Waals surface area contributed by atoms with E-state index >= 15 is 0 Å². The highest BCUT2D eigenvalue weighted by atomic mass is 16.5. The Bertz CT molecular complexity index is 479. The maximum absolute atomic E-state index is 11.8. The lowest BCUT2D eigenvalue weighted by atomic mass is 10.0. The third kappa shape index (κ3) is 3.42. The normalized spacial score (nSPS) is 26.1. The number of methoxy groups -OCH3 is 1. The largest absolute Gasteiger partial charge is 0.489 e. The Kier molecular flexibility index (Phi) is 4.49. The second kappa shape index (κ2) is 6.13. The van der Waals surface area contributed by atoms with Crippen LogP contribution >= 0.6 is 0 Å². The average Bonchev–Trinajstić information content (AvgIpc) is 2.38. The van der Waals surface area contributed by atoms with Crippen molar-refractivity contribution in [3.8, 4) is 5.75 Å². The Morgan fingerprint density at radius 3 is 2.55 bits per heavy atom. The van der Waals surface area contributed by atoms with E-state index in [-0.39, 0.29) is 18.3 Å². The number of hydrogen-bond donors (Lipinski definition) is 1. The van der Waals surface area contributed by atoms with Crippen LogP contribution in [0.3, 0.4) is 0 Å². The number of hydrogen-bond acceptors (Lipinski definition) is 5. The first-order valence-corrected chi connectivity index (χ1v) is 6.79. The molecule has 2 rings (SSSR count). The zero-order valence-corrected chi connectivity index (χ0v) is 12.1. The summed E-state index contributed by atoms with van der Waals surface area (Å²) < 4.78 is 16.4. The number of carbonyl (C=O) groups is 1. The van der Waals surface area contributed by atoms with E-state index in [0.717, 1.165) is 12.8 Å². The highest BCUT2D eigenvalue weighted by Gasteiger charge is 2.27. The number of benzene rings is 1. The molecule has 1 fully saturated rings. The van der Waals surface area contributed by atoms with Crippen molar-refractivity contribution in [3.05, 3.63) is 23.8 Å². The minimum atomic E-state index is -0.444. The van der Waals surface area contributed by atoms with Crippen LogP contribution in [-0.2, 0) is 9.47 Å². The Morgan fingerprint density at radius 1 is 1.30 bits per heavy atom. The molecule has 2 atom stereocenters. The van der Waals surface area contributed by atoms with Crippen LogP contribution in [0.15, 0.2) is 18.2 Å². The molecule has 0 bridgehead atoms. The monoisotopic (exact) mass is 279 g/mol. The molecule has 2 unspecified atom stereocenters. The van der Waals surface area contributed by atoms with Crippen molar-refractivity contribution < 1.29 is 19.0 Å². The molecular formula is C15H21NO4. The minimum absolute atomic E-state index is 0.0285. The smallest absolute Gasteiger partial charge is 0.341 e. The van der Waals surface area contributed by atoms with Crippen LogP contribution in [0.1, 0.15) is 37.0 Å². The molecule has 0 radical (unpaired) electrons. The van der Waals surface area contributed by atoms with Crippen LogP contribution in [0.4, 0.5) is 5.69 Å². The van der Waals surface area contributed by atoms with Gasteiger partial charge in [0.2, 0.25) is 0 Å². The summed E-state index contributed by atoms with van der Waals surface area (Å²) in [6.45, 7) is 4.05. The summed E-state index contributed by atoms with van der Waals surface area (Å²) in [6, 6.07) is 5.01. The molecule has 5 heteroatoms. The van der Waals surface area contributed by atoms with Gasteiger partial charge in [-0.2, -0.15) is 0 Å². The van der Waals surface area contributed by atoms with Crippen LogP contribution in [0, 0.1) is 0 Å². The summed E-state index contributed by atoms with van der Waals surface area (Å²) in [6.07, 6.45) is 1.93. The van der Waals surface area contributed by atoms with Gasteiger partial charge >= 0.3 is 5.97 Å². The van der Waals surface area contributed by atoms with E-state index in [0.29, 0.717) is 17.0 Å². The van der Waals surface area contributed by atoms with Gasteiger partial charge in [-0.15, -0.1) is 0 Å². The lowest BCUT2D eigenvalue weighted by Gasteiger charge is -2.32. The van der Waals surface area contributed by atoms with E-state index in [1.807, 2.05) is 13.8 Å². The molecule has 1 aromatic carbocycles. The first-order valence-electron chi connectivity index (χ1n) is 6.79. The van der Waals surface area contributed by atoms with Gasteiger partial charge < -0.3 is 19.9 Å². The van der Waals surface area contributed by atoms with Crippen LogP contribution in [0.25, 0.3) is 0 Å². The van der Waals surface area contributed by atoms with Gasteiger partial charge in [-0.1, -0.05) is 0 Å². The molecule has 0 aliphatic carbocycles. The van der Waals surface area contributed by atoms with Gasteiger partial charge in [0.05, 0.1) is 19.3 Å². The van der Waals surface area contributed by atoms with Gasteiger partial charge in [0.15, 0.2) is 0 Å². The molecular weight excluding hydrogens is 258 g/mol. The minimum Gasteiger partial charge on any atom is -0.489 e. The first kappa shape index (κ1) is 14.7. The lowest BCUT2D eigenvalue weighted by molar-refractivity contribution is -0.0722. The van der Waals surface area contributed by atoms with Crippen LogP contribution in [0.2, 0.25) is 0 Å². The van der Waals surface area contributed by atoms with Crippen molar-refractivity contribution in [2.75, 3.05) is 12.8 Å². The lowest BCUT2D eigenvalue weighted by Crippen LogP contribution is -2.36. The molecule has 0 amide bonds. The number of ether oxygens (including phenoxy) is 3. The van der Waals surface area contributed by atoms with Crippen molar-refractivity contribution in [1.29, 1.82) is 0 Å². The molecule has 1 saturated heterocycles. The van der Waals surface area contributed by atoms with Crippen molar-refractivity contribution >= 4 is 11.7 Å². The van der Waals surface area contributed by atoms with Crippen molar-refractivity contribution in [3.63, 3.8) is 0 Å². The van der Waals surface area contributed by atoms with E-state index in [1.54, 1.807) is 18.2 Å². The fraction of sp³-hybridized carbons (Fsp3) is 0.533. The Morgan fingerprint density at radius 2 is 1.95 bits per heavy atom. The molecule has 1 heterocycles. The fourth-order valence-corrected chi connectivity index (χ4v) is 2.54. The predicted octanol–water partition coefficient (Wildman–Crippen LogP) is 2.39. The Labute approximate surface area is 119 Å². The molecule has 0 aromatic heterocycles. The van der Waals surface area contributed by atoms with E-state index in [1.165, 1.54) is 7.11 Å². The number of nitrogens with two attached hydrogens (primary N) is 1. The first-order chi connectivity index (χ1) is 9.49. The van der Waals surface area contributed by atoms with Crippen LogP contribution in [-0.4, -0.2) is 31.4 Å². The topological polar surface area (TPSA) is 70.8 Å². The zero-order valence-electron chi connectivity index (χ0n) is 12.1. The summed E-state index contributed by atoms with van der Waals surface area (Å²) in [5.74, 6) is 0.0674. The Hall–Kier alpha value is -1.75. The third-order valence-corrected chi connectivity index (χ3v) is 3.36. The fourth-order valence-electron chi connectivity index (χ4n) is 2.54. The molecule has 110 valence electrons. The maximum atomic E-state index is 11.8. The highest BCUT2D eigenvalue weighted by molar-refractivity contribution is 5.93. The molecule has 2 N–H and O–H groups in total. The summed E-state index contributed by atoms with van der Waals surface area (Å²) in [5, 5.41) is 0. The second-order valence-corrected chi connectivity index (χ2v) is 5.22. The van der Waals surface area contributed by atoms with E-state index < -0.39 is 5.97 Å². The highest BCUT2D eigenvalue weighted by Crippen LogP contribution is 2.28. The van der Waals surface area contributed by atoms with Crippen molar-refractivity contribution in [2.45, 2.75) is 45.0 Å². The van der Waals surface area contributed by atoms with E-state index in [4.69, 9.17) is 19.9 Å². The molecule has 0 spiro atoms. The number of carbonyl (C=O) groups excluding carboxylic acids is 1. The zero-order chi connectivity index (χ0) is 14.7. The van der Waals surface area contributed by atoms with Gasteiger partial charge in [0.1, 0.15) is 17.4 Å². The molecule has 20 heavy (non-hydrogen) atoms. The maximum Gasteiger partial charge on any atom is 0.341 e. The number of anilines is 1. The third-order valence-electron chi connectivity index (χ3n) is 3.36. The summed E-state index contributed by atoms with van der Waals surface area (Å²) in [5.41, 5.74) is 6.58. The van der Waals surface area contributed by atoms with E-state index in [9.17, 15) is 4.79 Å². The predicted molar refractivity (Wildman–Crippen MR) is 75.9 cm³/mol. The number of esters is 1. The van der Waals surface area contributed by atoms with Crippen LogP contribution in [0.5, 0.6) is 5.75 Å². The van der Waals surface area contributed by atoms with Gasteiger partial charge in [-0.25, -0.2) is 4.79 Å². The van der Waals surface area contributed by atoms with Crippen LogP contribution < -0.4 is 10.5 Å². The SMILES string of the molecule is COC(=O)c1cc(N)ccc1OC1CC(C)OC(C)C1. The standard InChI is InChI=1S/C15H21NO4/c1-9-6-12(7-10(2)19-9)20-14-5-4-11(16)8-13(14)15(17)18-3/h4-5,8-10,12H,6-7,16H2,1-3H3. The molecule has 1 aliphatic rings. The molecule has 1 aromatic rings. The van der Waals surface area contributed by atoms with E-state index in [2.05, 4.69) is 0 Å². The van der Waals surface area contributed by atoms with Gasteiger partial charge in [0, 0.05) is 18.5 Å². The second-order valence-electron chi connectivity index (χ2n) is 5.22. The van der Waals surface area contributed by atoms with Gasteiger partial charge in [0.25, 0.3) is 0 Å². The molecule has 1 aliphatic heterocycles. The number of rotatable bonds is 3. The summed E-state index contributed by atoms with van der Waals surface area (Å²) >= 11 is 0. The van der Waals surface area contributed by atoms with Gasteiger partial charge in [-0.05, 0) is 32.0 Å². The quantitative estimate of drug-likeness (QED) is 0.679. The van der Waals surface area contributed by atoms with Crippen molar-refractivity contribution in [1.82, 2.24) is 0 Å². The summed E-state index contributed by atoms with van der Waals surface area (Å²) in [4.78, 5) is 11.8.